The fourth-order valence-corrected chi connectivity index (χ4v) is 3.84. The molecule has 0 aliphatic carbocycles. The maximum absolute atomic E-state index is 12.0. The van der Waals surface area contributed by atoms with Crippen molar-refractivity contribution in [3.8, 4) is 0 Å². The first kappa shape index (κ1) is 20.0. The lowest BCUT2D eigenvalue weighted by Gasteiger charge is -2.42. The van der Waals surface area contributed by atoms with Gasteiger partial charge in [-0.3, -0.25) is 4.79 Å². The largest absolute Gasteiger partial charge is 0.381 e. The minimum atomic E-state index is 0.0387. The Kier molecular flexibility index (Phi) is 7.54. The predicted octanol–water partition coefficient (Wildman–Crippen LogP) is 1.96. The van der Waals surface area contributed by atoms with E-state index in [-0.39, 0.29) is 12.5 Å². The van der Waals surface area contributed by atoms with Crippen molar-refractivity contribution in [2.24, 2.45) is 16.3 Å². The number of carbonyl (C=O) groups is 1. The van der Waals surface area contributed by atoms with Crippen LogP contribution in [0.3, 0.4) is 0 Å². The summed E-state index contributed by atoms with van der Waals surface area (Å²) in [5.74, 6) is 1.47. The normalized spacial score (nSPS) is 27.4. The lowest BCUT2D eigenvalue weighted by Crippen LogP contribution is -2.51. The summed E-state index contributed by atoms with van der Waals surface area (Å²) in [6.45, 7) is 9.43. The summed E-state index contributed by atoms with van der Waals surface area (Å²) >= 11 is 0. The van der Waals surface area contributed by atoms with Crippen LogP contribution in [0.5, 0.6) is 0 Å². The minimum absolute atomic E-state index is 0.0387. The van der Waals surface area contributed by atoms with Gasteiger partial charge in [0.15, 0.2) is 5.96 Å². The first-order valence-electron chi connectivity index (χ1n) is 9.75. The van der Waals surface area contributed by atoms with E-state index in [9.17, 15) is 4.79 Å². The molecule has 0 aromatic carbocycles. The minimum Gasteiger partial charge on any atom is -0.381 e. The molecule has 2 heterocycles. The molecule has 0 bridgehead atoms. The van der Waals surface area contributed by atoms with Crippen molar-refractivity contribution in [3.05, 3.63) is 0 Å². The van der Waals surface area contributed by atoms with Crippen molar-refractivity contribution in [3.63, 3.8) is 0 Å². The number of guanidine groups is 1. The number of hydrogen-bond acceptors (Lipinski definition) is 3. The molecule has 2 aliphatic rings. The standard InChI is InChI=1S/C19H36N4O2/c1-5-8-19(2)9-6-10-23(15-19)18(21-13-17(24)22(3)4)20-12-16-7-11-25-14-16/h16H,5-15H2,1-4H3,(H,20,21). The number of carbonyl (C=O) groups excluding carboxylic acids is 1. The molecular weight excluding hydrogens is 316 g/mol. The SMILES string of the molecule is CCCC1(C)CCCN(C(=NCC(=O)N(C)C)NCC2CCOC2)C1. The Morgan fingerprint density at radius 3 is 2.88 bits per heavy atom. The molecule has 6 heteroatoms. The van der Waals surface area contributed by atoms with Gasteiger partial charge in [0.25, 0.3) is 0 Å². The molecule has 1 amide bonds. The zero-order valence-electron chi connectivity index (χ0n) is 16.5. The van der Waals surface area contributed by atoms with Gasteiger partial charge in [-0.25, -0.2) is 4.99 Å². The number of amides is 1. The van der Waals surface area contributed by atoms with Crippen LogP contribution in [0.1, 0.15) is 46.0 Å². The van der Waals surface area contributed by atoms with Gasteiger partial charge >= 0.3 is 0 Å². The second-order valence-corrected chi connectivity index (χ2v) is 8.12. The smallest absolute Gasteiger partial charge is 0.243 e. The molecule has 0 spiro atoms. The third-order valence-corrected chi connectivity index (χ3v) is 5.37. The van der Waals surface area contributed by atoms with Gasteiger partial charge in [-0.15, -0.1) is 0 Å². The highest BCUT2D eigenvalue weighted by Gasteiger charge is 2.32. The van der Waals surface area contributed by atoms with Crippen LogP contribution in [-0.4, -0.2) is 75.2 Å². The third kappa shape index (κ3) is 6.17. The van der Waals surface area contributed by atoms with Gasteiger partial charge in [0.1, 0.15) is 6.54 Å². The van der Waals surface area contributed by atoms with E-state index in [0.29, 0.717) is 11.3 Å². The topological polar surface area (TPSA) is 57.2 Å². The third-order valence-electron chi connectivity index (χ3n) is 5.37. The maximum atomic E-state index is 12.0. The second-order valence-electron chi connectivity index (χ2n) is 8.12. The molecule has 2 aliphatic heterocycles. The zero-order chi connectivity index (χ0) is 18.3. The van der Waals surface area contributed by atoms with Gasteiger partial charge in [0.2, 0.25) is 5.91 Å². The molecule has 6 nitrogen and oxygen atoms in total. The summed E-state index contributed by atoms with van der Waals surface area (Å²) in [6, 6.07) is 0. The van der Waals surface area contributed by atoms with Gasteiger partial charge in [0, 0.05) is 46.3 Å². The fraction of sp³-hybridized carbons (Fsp3) is 0.895. The number of likely N-dealkylation sites (N-methyl/N-ethyl adjacent to an activating group) is 1. The predicted molar refractivity (Wildman–Crippen MR) is 102 cm³/mol. The molecule has 2 fully saturated rings. The van der Waals surface area contributed by atoms with Gasteiger partial charge in [-0.1, -0.05) is 20.3 Å². The monoisotopic (exact) mass is 352 g/mol. The Hall–Kier alpha value is -1.30. The molecule has 0 saturated carbocycles. The van der Waals surface area contributed by atoms with Crippen molar-refractivity contribution >= 4 is 11.9 Å². The van der Waals surface area contributed by atoms with Crippen LogP contribution in [0.25, 0.3) is 0 Å². The molecule has 2 saturated heterocycles. The summed E-state index contributed by atoms with van der Waals surface area (Å²) in [5.41, 5.74) is 0.345. The van der Waals surface area contributed by atoms with E-state index in [1.165, 1.54) is 25.7 Å². The van der Waals surface area contributed by atoms with Crippen LogP contribution in [-0.2, 0) is 9.53 Å². The average Bonchev–Trinajstić information content (AvgIpc) is 3.08. The van der Waals surface area contributed by atoms with Gasteiger partial charge in [-0.05, 0) is 31.1 Å². The van der Waals surface area contributed by atoms with Crippen molar-refractivity contribution in [2.75, 3.05) is 53.5 Å². The number of likely N-dealkylation sites (tertiary alicyclic amines) is 1. The summed E-state index contributed by atoms with van der Waals surface area (Å²) in [6.07, 6.45) is 6.01. The van der Waals surface area contributed by atoms with E-state index in [4.69, 9.17) is 4.74 Å². The van der Waals surface area contributed by atoms with E-state index in [1.807, 2.05) is 0 Å². The Morgan fingerprint density at radius 1 is 1.44 bits per heavy atom. The molecule has 1 N–H and O–H groups in total. The Morgan fingerprint density at radius 2 is 2.24 bits per heavy atom. The van der Waals surface area contributed by atoms with Crippen molar-refractivity contribution in [1.29, 1.82) is 0 Å². The number of piperidine rings is 1. The average molecular weight is 353 g/mol. The molecule has 2 unspecified atom stereocenters. The molecule has 0 radical (unpaired) electrons. The highest BCUT2D eigenvalue weighted by Crippen LogP contribution is 2.33. The fourth-order valence-electron chi connectivity index (χ4n) is 3.84. The lowest BCUT2D eigenvalue weighted by atomic mass is 9.78. The van der Waals surface area contributed by atoms with Crippen molar-refractivity contribution in [1.82, 2.24) is 15.1 Å². The second kappa shape index (κ2) is 9.41. The Bertz CT molecular complexity index is 456. The molecule has 0 aromatic heterocycles. The van der Waals surface area contributed by atoms with E-state index in [0.717, 1.165) is 45.2 Å². The van der Waals surface area contributed by atoms with E-state index >= 15 is 0 Å². The molecule has 2 atom stereocenters. The number of nitrogens with zero attached hydrogens (tertiary/aromatic N) is 3. The molecular formula is C19H36N4O2. The van der Waals surface area contributed by atoms with E-state index in [2.05, 4.69) is 29.1 Å². The van der Waals surface area contributed by atoms with E-state index in [1.54, 1.807) is 19.0 Å². The molecule has 25 heavy (non-hydrogen) atoms. The summed E-state index contributed by atoms with van der Waals surface area (Å²) < 4.78 is 5.48. The lowest BCUT2D eigenvalue weighted by molar-refractivity contribution is -0.127. The van der Waals surface area contributed by atoms with Crippen molar-refractivity contribution in [2.45, 2.75) is 46.0 Å². The number of nitrogens with one attached hydrogen (secondary N) is 1. The zero-order valence-corrected chi connectivity index (χ0v) is 16.5. The van der Waals surface area contributed by atoms with Gasteiger partial charge < -0.3 is 19.9 Å². The van der Waals surface area contributed by atoms with E-state index < -0.39 is 0 Å². The quantitative estimate of drug-likeness (QED) is 0.586. The van der Waals surface area contributed by atoms with Crippen LogP contribution in [0.4, 0.5) is 0 Å². The number of hydrogen-bond donors (Lipinski definition) is 1. The van der Waals surface area contributed by atoms with Crippen LogP contribution < -0.4 is 5.32 Å². The maximum Gasteiger partial charge on any atom is 0.243 e. The summed E-state index contributed by atoms with van der Waals surface area (Å²) in [4.78, 5) is 20.6. The Labute approximate surface area is 153 Å². The first-order chi connectivity index (χ1) is 11.9. The highest BCUT2D eigenvalue weighted by atomic mass is 16.5. The molecule has 2 rings (SSSR count). The first-order valence-corrected chi connectivity index (χ1v) is 9.75. The number of ether oxygens (including phenoxy) is 1. The molecule has 144 valence electrons. The molecule has 0 aromatic rings. The van der Waals surface area contributed by atoms with Gasteiger partial charge in [-0.2, -0.15) is 0 Å². The van der Waals surface area contributed by atoms with Gasteiger partial charge in [0.05, 0.1) is 6.61 Å². The number of rotatable bonds is 6. The Balaban J connectivity index is 2.03. The van der Waals surface area contributed by atoms with Crippen LogP contribution in [0, 0.1) is 11.3 Å². The van der Waals surface area contributed by atoms with Crippen LogP contribution in [0.2, 0.25) is 0 Å². The highest BCUT2D eigenvalue weighted by molar-refractivity contribution is 5.85. The number of aliphatic imine (C=N–C) groups is 1. The van der Waals surface area contributed by atoms with Crippen molar-refractivity contribution < 1.29 is 9.53 Å². The summed E-state index contributed by atoms with van der Waals surface area (Å²) in [5, 5.41) is 3.53. The van der Waals surface area contributed by atoms with Crippen LogP contribution >= 0.6 is 0 Å². The summed E-state index contributed by atoms with van der Waals surface area (Å²) in [7, 11) is 3.56. The van der Waals surface area contributed by atoms with Crippen LogP contribution in [0.15, 0.2) is 4.99 Å².